The molecular formula is C18H26FIN4O. The highest BCUT2D eigenvalue weighted by atomic mass is 127. The van der Waals surface area contributed by atoms with Crippen molar-refractivity contribution in [1.82, 2.24) is 15.4 Å². The topological polar surface area (TPSA) is 53.7 Å². The zero-order chi connectivity index (χ0) is 17.5. The summed E-state index contributed by atoms with van der Waals surface area (Å²) in [5, 5.41) is 7.30. The van der Waals surface area contributed by atoms with Crippen molar-refractivity contribution in [2.75, 3.05) is 13.6 Å². The van der Waals surface area contributed by atoms with Gasteiger partial charge in [-0.2, -0.15) is 0 Å². The lowest BCUT2D eigenvalue weighted by Gasteiger charge is -2.22. The highest BCUT2D eigenvalue weighted by Crippen LogP contribution is 2.14. The van der Waals surface area contributed by atoms with Gasteiger partial charge in [-0.1, -0.05) is 31.1 Å². The Hall–Kier alpha value is -1.64. The van der Waals surface area contributed by atoms with E-state index in [1.165, 1.54) is 12.1 Å². The minimum Gasteiger partial charge on any atom is -0.359 e. The van der Waals surface area contributed by atoms with Crippen LogP contribution in [-0.2, 0) is 13.1 Å². The first-order valence-electron chi connectivity index (χ1n) is 8.19. The normalized spacial score (nSPS) is 11.4. The van der Waals surface area contributed by atoms with Crippen LogP contribution in [0.1, 0.15) is 43.7 Å². The third-order valence-electron chi connectivity index (χ3n) is 3.58. The number of guanidine groups is 1. The molecule has 0 fully saturated rings. The molecule has 2 rings (SSSR count). The molecule has 1 N–H and O–H groups in total. The Kier molecular flexibility index (Phi) is 8.88. The van der Waals surface area contributed by atoms with Crippen LogP contribution in [0.5, 0.6) is 0 Å². The van der Waals surface area contributed by atoms with E-state index in [9.17, 15) is 4.39 Å². The molecule has 0 radical (unpaired) electrons. The molecule has 0 aliphatic rings. The van der Waals surface area contributed by atoms with Gasteiger partial charge in [0, 0.05) is 26.2 Å². The van der Waals surface area contributed by atoms with Crippen molar-refractivity contribution in [3.05, 3.63) is 53.2 Å². The number of hydrogen-bond acceptors (Lipinski definition) is 3. The molecule has 0 saturated heterocycles. The van der Waals surface area contributed by atoms with Crippen LogP contribution in [0.3, 0.4) is 0 Å². The minimum atomic E-state index is -0.228. The second-order valence-corrected chi connectivity index (χ2v) is 6.03. The van der Waals surface area contributed by atoms with Crippen molar-refractivity contribution < 1.29 is 8.91 Å². The summed E-state index contributed by atoms with van der Waals surface area (Å²) in [5.41, 5.74) is 1.95. The predicted octanol–water partition coefficient (Wildman–Crippen LogP) is 4.15. The van der Waals surface area contributed by atoms with Crippen molar-refractivity contribution in [3.63, 3.8) is 0 Å². The number of aliphatic imine (C=N–C) groups is 1. The zero-order valence-electron chi connectivity index (χ0n) is 15.1. The molecule has 0 bridgehead atoms. The van der Waals surface area contributed by atoms with Gasteiger partial charge < -0.3 is 14.7 Å². The van der Waals surface area contributed by atoms with Gasteiger partial charge in [0.2, 0.25) is 0 Å². The van der Waals surface area contributed by atoms with Crippen LogP contribution in [0, 0.1) is 5.82 Å². The van der Waals surface area contributed by atoms with E-state index >= 15 is 0 Å². The van der Waals surface area contributed by atoms with Gasteiger partial charge in [0.25, 0.3) is 0 Å². The highest BCUT2D eigenvalue weighted by Gasteiger charge is 2.10. The predicted molar refractivity (Wildman–Crippen MR) is 109 cm³/mol. The molecule has 1 aromatic heterocycles. The molecule has 5 nitrogen and oxygen atoms in total. The maximum Gasteiger partial charge on any atom is 0.194 e. The lowest BCUT2D eigenvalue weighted by atomic mass is 10.1. The fraction of sp³-hybridized carbons (Fsp3) is 0.444. The van der Waals surface area contributed by atoms with Gasteiger partial charge >= 0.3 is 0 Å². The Bertz CT molecular complexity index is 670. The number of nitrogens with zero attached hydrogens (tertiary/aromatic N) is 3. The first-order chi connectivity index (χ1) is 11.5. The Balaban J connectivity index is 0.00000312. The largest absolute Gasteiger partial charge is 0.359 e. The van der Waals surface area contributed by atoms with Gasteiger partial charge in [-0.25, -0.2) is 9.38 Å². The summed E-state index contributed by atoms with van der Waals surface area (Å²) in [7, 11) is 1.95. The van der Waals surface area contributed by atoms with Gasteiger partial charge in [0.15, 0.2) is 11.7 Å². The van der Waals surface area contributed by atoms with Gasteiger partial charge in [-0.3, -0.25) is 0 Å². The summed E-state index contributed by atoms with van der Waals surface area (Å²) in [6.07, 6.45) is 0. The van der Waals surface area contributed by atoms with Crippen molar-refractivity contribution >= 4 is 29.9 Å². The van der Waals surface area contributed by atoms with Crippen LogP contribution in [0.15, 0.2) is 39.8 Å². The number of nitrogens with one attached hydrogen (secondary N) is 1. The molecule has 0 atom stereocenters. The average Bonchev–Trinajstić information content (AvgIpc) is 3.02. The number of hydrogen-bond donors (Lipinski definition) is 1. The molecule has 0 amide bonds. The summed E-state index contributed by atoms with van der Waals surface area (Å²) < 4.78 is 18.3. The Morgan fingerprint density at radius 2 is 2.00 bits per heavy atom. The van der Waals surface area contributed by atoms with Gasteiger partial charge in [0.1, 0.15) is 12.4 Å². The summed E-state index contributed by atoms with van der Waals surface area (Å²) >= 11 is 0. The molecule has 0 aliphatic heterocycles. The Morgan fingerprint density at radius 1 is 1.32 bits per heavy atom. The van der Waals surface area contributed by atoms with E-state index in [1.807, 2.05) is 24.9 Å². The third kappa shape index (κ3) is 6.64. The van der Waals surface area contributed by atoms with Gasteiger partial charge in [0.05, 0.1) is 5.69 Å². The maximum atomic E-state index is 13.0. The summed E-state index contributed by atoms with van der Waals surface area (Å²) in [6, 6.07) is 8.43. The zero-order valence-corrected chi connectivity index (χ0v) is 17.5. The highest BCUT2D eigenvalue weighted by molar-refractivity contribution is 14.0. The van der Waals surface area contributed by atoms with E-state index < -0.39 is 0 Å². The molecule has 0 unspecified atom stereocenters. The fourth-order valence-corrected chi connectivity index (χ4v) is 2.24. The molecule has 25 heavy (non-hydrogen) atoms. The Morgan fingerprint density at radius 3 is 2.56 bits per heavy atom. The molecule has 0 spiro atoms. The number of aromatic nitrogens is 1. The van der Waals surface area contributed by atoms with Crippen LogP contribution in [-0.4, -0.2) is 29.6 Å². The van der Waals surface area contributed by atoms with Crippen molar-refractivity contribution in [2.24, 2.45) is 4.99 Å². The first-order valence-corrected chi connectivity index (χ1v) is 8.19. The van der Waals surface area contributed by atoms with Crippen LogP contribution in [0.4, 0.5) is 4.39 Å². The number of halogens is 2. The maximum absolute atomic E-state index is 13.0. The number of rotatable bonds is 6. The second kappa shape index (κ2) is 10.4. The lowest BCUT2D eigenvalue weighted by Crippen LogP contribution is -2.38. The van der Waals surface area contributed by atoms with Crippen LogP contribution >= 0.6 is 24.0 Å². The third-order valence-corrected chi connectivity index (χ3v) is 3.58. The molecular weight excluding hydrogens is 434 g/mol. The summed E-state index contributed by atoms with van der Waals surface area (Å²) in [5.74, 6) is 1.61. The van der Waals surface area contributed by atoms with E-state index in [-0.39, 0.29) is 29.8 Å². The smallest absolute Gasteiger partial charge is 0.194 e. The Labute approximate surface area is 165 Å². The monoisotopic (exact) mass is 460 g/mol. The minimum absolute atomic E-state index is 0. The molecule has 0 aliphatic carbocycles. The molecule has 1 heterocycles. The molecule has 2 aromatic rings. The first kappa shape index (κ1) is 21.4. The van der Waals surface area contributed by atoms with Crippen LogP contribution in [0.2, 0.25) is 0 Å². The van der Waals surface area contributed by atoms with Crippen molar-refractivity contribution in [2.45, 2.75) is 39.8 Å². The lowest BCUT2D eigenvalue weighted by molar-refractivity contribution is 0.375. The molecule has 7 heteroatoms. The quantitative estimate of drug-likeness (QED) is 0.400. The van der Waals surface area contributed by atoms with E-state index in [0.29, 0.717) is 19.0 Å². The number of benzene rings is 1. The average molecular weight is 460 g/mol. The fourth-order valence-electron chi connectivity index (χ4n) is 2.24. The second-order valence-electron chi connectivity index (χ2n) is 6.03. The van der Waals surface area contributed by atoms with E-state index in [2.05, 4.69) is 29.3 Å². The van der Waals surface area contributed by atoms with Crippen LogP contribution in [0.25, 0.3) is 0 Å². The summed E-state index contributed by atoms with van der Waals surface area (Å²) in [6.45, 7) is 8.00. The van der Waals surface area contributed by atoms with E-state index in [1.54, 1.807) is 12.1 Å². The van der Waals surface area contributed by atoms with Crippen LogP contribution < -0.4 is 5.32 Å². The SMILES string of the molecule is CCNC(=NCc1cc(C(C)C)no1)N(C)Cc1ccc(F)cc1.I. The van der Waals surface area contributed by atoms with Crippen molar-refractivity contribution in [3.8, 4) is 0 Å². The van der Waals surface area contributed by atoms with Gasteiger partial charge in [-0.05, 0) is 30.5 Å². The standard InChI is InChI=1S/C18H25FN4O.HI/c1-5-20-18(21-11-16-10-17(13(2)3)22-24-16)23(4)12-14-6-8-15(19)9-7-14;/h6-10,13H,5,11-12H2,1-4H3,(H,20,21);1H. The van der Waals surface area contributed by atoms with Gasteiger partial charge in [-0.15, -0.1) is 24.0 Å². The van der Waals surface area contributed by atoms with E-state index in [4.69, 9.17) is 4.52 Å². The molecule has 1 aromatic carbocycles. The summed E-state index contributed by atoms with van der Waals surface area (Å²) in [4.78, 5) is 6.59. The van der Waals surface area contributed by atoms with Crippen molar-refractivity contribution in [1.29, 1.82) is 0 Å². The molecule has 138 valence electrons. The van der Waals surface area contributed by atoms with E-state index in [0.717, 1.165) is 29.5 Å². The molecule has 0 saturated carbocycles.